The third-order valence-electron chi connectivity index (χ3n) is 6.70. The molecule has 1 aliphatic heterocycles. The maximum absolute atomic E-state index is 13.5. The molecule has 1 saturated heterocycles. The van der Waals surface area contributed by atoms with E-state index in [-0.39, 0.29) is 30.2 Å². The number of likely N-dealkylation sites (tertiary alicyclic amines) is 1. The summed E-state index contributed by atoms with van der Waals surface area (Å²) in [5.41, 5.74) is 3.78. The quantitative estimate of drug-likeness (QED) is 0.154. The third-order valence-corrected chi connectivity index (χ3v) is 6.70. The minimum Gasteiger partial charge on any atom is -0.465 e. The van der Waals surface area contributed by atoms with Crippen molar-refractivity contribution in [1.29, 1.82) is 0 Å². The fourth-order valence-electron chi connectivity index (χ4n) is 4.74. The smallest absolute Gasteiger partial charge is 0.319 e. The van der Waals surface area contributed by atoms with E-state index in [1.807, 2.05) is 29.7 Å². The van der Waals surface area contributed by atoms with Gasteiger partial charge >= 0.3 is 12.0 Å². The highest BCUT2D eigenvalue weighted by Gasteiger charge is 2.42. The number of urea groups is 1. The molecule has 0 aromatic heterocycles. The number of ether oxygens (including phenoxy) is 1. The van der Waals surface area contributed by atoms with Gasteiger partial charge in [0.05, 0.1) is 31.8 Å². The minimum absolute atomic E-state index is 0.00250. The Labute approximate surface area is 206 Å². The molecule has 4 N–H and O–H groups in total. The summed E-state index contributed by atoms with van der Waals surface area (Å²) >= 11 is 0. The van der Waals surface area contributed by atoms with E-state index in [1.54, 1.807) is 11.8 Å². The van der Waals surface area contributed by atoms with E-state index in [1.165, 1.54) is 12.8 Å². The number of carbonyl (C=O) groups is 3. The summed E-state index contributed by atoms with van der Waals surface area (Å²) in [5, 5.41) is 14.6. The van der Waals surface area contributed by atoms with E-state index in [2.05, 4.69) is 15.6 Å². The second kappa shape index (κ2) is 13.8. The first kappa shape index (κ1) is 26.6. The van der Waals surface area contributed by atoms with Crippen molar-refractivity contribution in [2.24, 2.45) is 10.9 Å². The number of rotatable bonds is 12. The SMILES string of the molecule is CCOC(=O)CNC(C(=O)C1CCN1C(=O)NCc1ccc(CN=CNO)cc1)C1CCCCC1. The first-order valence-electron chi connectivity index (χ1n) is 12.5. The normalized spacial score (nSPS) is 19.1. The first-order valence-corrected chi connectivity index (χ1v) is 12.5. The maximum atomic E-state index is 13.5. The molecule has 1 aromatic rings. The Balaban J connectivity index is 1.54. The van der Waals surface area contributed by atoms with E-state index in [0.29, 0.717) is 32.7 Å². The van der Waals surface area contributed by atoms with Gasteiger partial charge in [0.25, 0.3) is 0 Å². The van der Waals surface area contributed by atoms with E-state index in [9.17, 15) is 14.4 Å². The number of amides is 2. The van der Waals surface area contributed by atoms with Gasteiger partial charge in [-0.2, -0.15) is 0 Å². The zero-order valence-electron chi connectivity index (χ0n) is 20.4. The maximum Gasteiger partial charge on any atom is 0.319 e. The van der Waals surface area contributed by atoms with Crippen LogP contribution >= 0.6 is 0 Å². The van der Waals surface area contributed by atoms with Gasteiger partial charge in [-0.1, -0.05) is 43.5 Å². The molecule has 1 saturated carbocycles. The summed E-state index contributed by atoms with van der Waals surface area (Å²) in [6.45, 7) is 3.38. The van der Waals surface area contributed by atoms with Crippen molar-refractivity contribution in [3.8, 4) is 0 Å². The minimum atomic E-state index is -0.475. The van der Waals surface area contributed by atoms with Gasteiger partial charge in [-0.25, -0.2) is 4.79 Å². The molecule has 10 nitrogen and oxygen atoms in total. The molecule has 3 rings (SSSR count). The van der Waals surface area contributed by atoms with Crippen molar-refractivity contribution < 1.29 is 24.3 Å². The van der Waals surface area contributed by atoms with E-state index in [0.717, 1.165) is 36.8 Å². The predicted molar refractivity (Wildman–Crippen MR) is 131 cm³/mol. The van der Waals surface area contributed by atoms with E-state index >= 15 is 0 Å². The molecule has 35 heavy (non-hydrogen) atoms. The second-order valence-electron chi connectivity index (χ2n) is 9.04. The van der Waals surface area contributed by atoms with Crippen molar-refractivity contribution in [3.63, 3.8) is 0 Å². The summed E-state index contributed by atoms with van der Waals surface area (Å²) in [6, 6.07) is 6.47. The summed E-state index contributed by atoms with van der Waals surface area (Å²) < 4.78 is 5.02. The Bertz CT molecular complexity index is 870. The van der Waals surface area contributed by atoms with Gasteiger partial charge in [0.1, 0.15) is 6.34 Å². The number of nitrogens with zero attached hydrogens (tertiary/aromatic N) is 2. The lowest BCUT2D eigenvalue weighted by atomic mass is 9.79. The molecule has 1 aromatic carbocycles. The van der Waals surface area contributed by atoms with Crippen LogP contribution in [0, 0.1) is 5.92 Å². The number of ketones is 1. The molecule has 0 radical (unpaired) electrons. The van der Waals surface area contributed by atoms with Gasteiger partial charge in [-0.3, -0.25) is 30.6 Å². The van der Waals surface area contributed by atoms with Crippen LogP contribution in [0.2, 0.25) is 0 Å². The van der Waals surface area contributed by atoms with Crippen molar-refractivity contribution in [2.75, 3.05) is 19.7 Å². The molecular weight excluding hydrogens is 450 g/mol. The fraction of sp³-hybridized carbons (Fsp3) is 0.600. The van der Waals surface area contributed by atoms with Crippen LogP contribution < -0.4 is 16.1 Å². The number of hydrogen-bond acceptors (Lipinski definition) is 7. The molecule has 0 bridgehead atoms. The average Bonchev–Trinajstić information content (AvgIpc) is 2.84. The van der Waals surface area contributed by atoms with Gasteiger partial charge in [0, 0.05) is 13.1 Å². The van der Waals surface area contributed by atoms with Crippen LogP contribution in [-0.4, -0.2) is 66.0 Å². The van der Waals surface area contributed by atoms with E-state index < -0.39 is 12.1 Å². The number of esters is 1. The first-order chi connectivity index (χ1) is 17.0. The molecule has 2 amide bonds. The lowest BCUT2D eigenvalue weighted by molar-refractivity contribution is -0.142. The molecule has 2 unspecified atom stereocenters. The summed E-state index contributed by atoms with van der Waals surface area (Å²) in [6.07, 6.45) is 7.06. The van der Waals surface area contributed by atoms with Crippen LogP contribution in [0.15, 0.2) is 29.3 Å². The van der Waals surface area contributed by atoms with Gasteiger partial charge in [-0.05, 0) is 43.2 Å². The standard InChI is InChI=1S/C25H37N5O5/c1-2-35-22(31)16-27-23(20-6-4-3-5-7-20)24(32)21-12-13-30(21)25(33)28-15-19-10-8-18(9-11-19)14-26-17-29-34/h8-11,17,20-21,23,27,34H,2-7,12-16H2,1H3,(H,26,29)(H,28,33). The highest BCUT2D eigenvalue weighted by molar-refractivity contribution is 5.94. The number of nitrogens with one attached hydrogen (secondary N) is 3. The fourth-order valence-corrected chi connectivity index (χ4v) is 4.74. The zero-order valence-corrected chi connectivity index (χ0v) is 20.4. The largest absolute Gasteiger partial charge is 0.465 e. The summed E-state index contributed by atoms with van der Waals surface area (Å²) in [4.78, 5) is 43.8. The number of hydroxylamine groups is 1. The van der Waals surface area contributed by atoms with E-state index in [4.69, 9.17) is 9.94 Å². The Morgan fingerprint density at radius 3 is 2.49 bits per heavy atom. The number of hydrogen-bond donors (Lipinski definition) is 4. The van der Waals surface area contributed by atoms with Crippen molar-refractivity contribution in [2.45, 2.75) is 70.6 Å². The van der Waals surface area contributed by atoms with Crippen molar-refractivity contribution in [3.05, 3.63) is 35.4 Å². The monoisotopic (exact) mass is 487 g/mol. The van der Waals surface area contributed by atoms with Crippen LogP contribution in [-0.2, 0) is 27.4 Å². The molecule has 1 heterocycles. The average molecular weight is 488 g/mol. The Kier molecular flexibility index (Phi) is 10.5. The van der Waals surface area contributed by atoms with Crippen LogP contribution in [0.4, 0.5) is 4.79 Å². The number of benzene rings is 1. The molecule has 1 aliphatic carbocycles. The lowest BCUT2D eigenvalue weighted by Gasteiger charge is -2.43. The molecule has 2 aliphatic rings. The number of Topliss-reactive ketones (excluding diaryl/α,β-unsaturated/α-hetero) is 1. The summed E-state index contributed by atoms with van der Waals surface area (Å²) in [7, 11) is 0. The topological polar surface area (TPSA) is 132 Å². The van der Waals surface area contributed by atoms with Gasteiger partial charge < -0.3 is 15.0 Å². The zero-order chi connectivity index (χ0) is 25.0. The van der Waals surface area contributed by atoms with Crippen LogP contribution in [0.1, 0.15) is 56.6 Å². The molecular formula is C25H37N5O5. The van der Waals surface area contributed by atoms with Gasteiger partial charge in [0.15, 0.2) is 5.78 Å². The molecule has 0 spiro atoms. The lowest BCUT2D eigenvalue weighted by Crippen LogP contribution is -2.62. The Morgan fingerprint density at radius 1 is 1.14 bits per heavy atom. The van der Waals surface area contributed by atoms with Crippen LogP contribution in [0.3, 0.4) is 0 Å². The van der Waals surface area contributed by atoms with Crippen molar-refractivity contribution >= 4 is 24.1 Å². The molecule has 2 atom stereocenters. The van der Waals surface area contributed by atoms with Gasteiger partial charge in [-0.15, -0.1) is 0 Å². The van der Waals surface area contributed by atoms with Crippen LogP contribution in [0.5, 0.6) is 0 Å². The number of carbonyl (C=O) groups excluding carboxylic acids is 3. The highest BCUT2D eigenvalue weighted by atomic mass is 16.5. The van der Waals surface area contributed by atoms with Crippen molar-refractivity contribution in [1.82, 2.24) is 21.0 Å². The molecule has 192 valence electrons. The second-order valence-corrected chi connectivity index (χ2v) is 9.04. The Hall–Kier alpha value is -2.98. The third kappa shape index (κ3) is 7.76. The molecule has 10 heteroatoms. The van der Waals surface area contributed by atoms with Gasteiger partial charge in [0.2, 0.25) is 0 Å². The predicted octanol–water partition coefficient (Wildman–Crippen LogP) is 2.15. The summed E-state index contributed by atoms with van der Waals surface area (Å²) in [5.74, 6) is -0.204. The van der Waals surface area contributed by atoms with Crippen LogP contribution in [0.25, 0.3) is 0 Å². The number of aliphatic imine (C=N–C) groups is 1. The Morgan fingerprint density at radius 2 is 1.86 bits per heavy atom. The highest BCUT2D eigenvalue weighted by Crippen LogP contribution is 2.30. The molecule has 2 fully saturated rings.